The van der Waals surface area contributed by atoms with Crippen LogP contribution in [0.5, 0.6) is 0 Å². The fourth-order valence-electron chi connectivity index (χ4n) is 3.41. The molecule has 0 aliphatic carbocycles. The minimum Gasteiger partial charge on any atom is -0.467 e. The topological polar surface area (TPSA) is 45.9 Å². The number of amides is 1. The molecular formula is C16H21F3N2O3. The number of carbonyl (C=O) groups is 1. The van der Waals surface area contributed by atoms with Crippen molar-refractivity contribution in [3.63, 3.8) is 0 Å². The number of piperidine rings is 1. The molecule has 2 aliphatic heterocycles. The largest absolute Gasteiger partial charge is 0.467 e. The van der Waals surface area contributed by atoms with Crippen LogP contribution in [0, 0.1) is 5.92 Å². The van der Waals surface area contributed by atoms with Crippen molar-refractivity contribution in [1.82, 2.24) is 9.80 Å². The van der Waals surface area contributed by atoms with Crippen molar-refractivity contribution < 1.29 is 27.1 Å². The first kappa shape index (κ1) is 17.3. The normalized spacial score (nSPS) is 26.5. The highest BCUT2D eigenvalue weighted by Crippen LogP contribution is 2.27. The first-order chi connectivity index (χ1) is 11.4. The zero-order valence-corrected chi connectivity index (χ0v) is 13.3. The highest BCUT2D eigenvalue weighted by Gasteiger charge is 2.37. The third-order valence-corrected chi connectivity index (χ3v) is 4.50. The molecule has 0 spiro atoms. The molecule has 2 saturated heterocycles. The Balaban J connectivity index is 1.59. The van der Waals surface area contributed by atoms with Gasteiger partial charge in [-0.3, -0.25) is 9.69 Å². The van der Waals surface area contributed by atoms with Gasteiger partial charge in [0.2, 0.25) is 5.91 Å². The molecule has 0 N–H and O–H groups in total. The number of likely N-dealkylation sites (tertiary alicyclic amines) is 1. The van der Waals surface area contributed by atoms with Crippen LogP contribution < -0.4 is 0 Å². The molecule has 1 aromatic rings. The van der Waals surface area contributed by atoms with E-state index in [-0.39, 0.29) is 24.5 Å². The van der Waals surface area contributed by atoms with Crippen molar-refractivity contribution in [3.05, 3.63) is 24.2 Å². The summed E-state index contributed by atoms with van der Waals surface area (Å²) in [6.07, 6.45) is -1.74. The number of furan rings is 1. The van der Waals surface area contributed by atoms with Crippen LogP contribution in [-0.2, 0) is 9.53 Å². The van der Waals surface area contributed by atoms with E-state index in [1.54, 1.807) is 23.3 Å². The fourth-order valence-corrected chi connectivity index (χ4v) is 3.41. The molecule has 1 amide bonds. The molecule has 5 nitrogen and oxygen atoms in total. The van der Waals surface area contributed by atoms with Crippen LogP contribution in [0.1, 0.15) is 24.7 Å². The Bertz CT molecular complexity index is 547. The average Bonchev–Trinajstić information content (AvgIpc) is 3.07. The van der Waals surface area contributed by atoms with Gasteiger partial charge >= 0.3 is 6.18 Å². The Morgan fingerprint density at radius 2 is 2.12 bits per heavy atom. The summed E-state index contributed by atoms with van der Waals surface area (Å²) in [4.78, 5) is 15.7. The molecule has 0 aromatic carbocycles. The standard InChI is InChI=1S/C16H21F3N2O3/c17-16(18,19)11-20-5-1-3-12(9-20)15(22)21-6-8-24-14(10-21)13-4-2-7-23-13/h2,4,7,12,14H,1,3,5-6,8-11H2. The van der Waals surface area contributed by atoms with E-state index in [1.165, 1.54) is 4.90 Å². The zero-order chi connectivity index (χ0) is 17.2. The number of hydrogen-bond donors (Lipinski definition) is 0. The van der Waals surface area contributed by atoms with Gasteiger partial charge in [0.1, 0.15) is 11.9 Å². The van der Waals surface area contributed by atoms with Gasteiger partial charge in [0.25, 0.3) is 0 Å². The molecular weight excluding hydrogens is 325 g/mol. The zero-order valence-electron chi connectivity index (χ0n) is 13.3. The van der Waals surface area contributed by atoms with Crippen molar-refractivity contribution >= 4 is 5.91 Å². The van der Waals surface area contributed by atoms with Crippen LogP contribution >= 0.6 is 0 Å². The van der Waals surface area contributed by atoms with E-state index in [9.17, 15) is 18.0 Å². The van der Waals surface area contributed by atoms with Crippen LogP contribution in [-0.4, -0.2) is 61.2 Å². The molecule has 134 valence electrons. The Hall–Kier alpha value is -1.54. The van der Waals surface area contributed by atoms with E-state index in [0.717, 1.165) is 0 Å². The Kier molecular flexibility index (Phi) is 5.15. The smallest absolute Gasteiger partial charge is 0.401 e. The molecule has 3 rings (SSSR count). The van der Waals surface area contributed by atoms with E-state index in [1.807, 2.05) is 0 Å². The molecule has 0 saturated carbocycles. The highest BCUT2D eigenvalue weighted by molar-refractivity contribution is 5.79. The third kappa shape index (κ3) is 4.30. The van der Waals surface area contributed by atoms with Gasteiger partial charge in [0, 0.05) is 13.1 Å². The summed E-state index contributed by atoms with van der Waals surface area (Å²) in [7, 11) is 0. The van der Waals surface area contributed by atoms with E-state index < -0.39 is 12.7 Å². The summed E-state index contributed by atoms with van der Waals surface area (Å²) in [5.74, 6) is 0.202. The third-order valence-electron chi connectivity index (χ3n) is 4.50. The van der Waals surface area contributed by atoms with E-state index in [4.69, 9.17) is 9.15 Å². The van der Waals surface area contributed by atoms with Gasteiger partial charge in [-0.05, 0) is 31.5 Å². The monoisotopic (exact) mass is 346 g/mol. The number of carbonyl (C=O) groups excluding carboxylic acids is 1. The predicted octanol–water partition coefficient (Wildman–Crippen LogP) is 2.45. The lowest BCUT2D eigenvalue weighted by molar-refractivity contribution is -0.157. The maximum atomic E-state index is 12.7. The second-order valence-electron chi connectivity index (χ2n) is 6.35. The molecule has 2 aliphatic rings. The number of ether oxygens (including phenoxy) is 1. The van der Waals surface area contributed by atoms with Crippen LogP contribution in [0.4, 0.5) is 13.2 Å². The van der Waals surface area contributed by atoms with Crippen LogP contribution in [0.2, 0.25) is 0 Å². The summed E-state index contributed by atoms with van der Waals surface area (Å²) >= 11 is 0. The second-order valence-corrected chi connectivity index (χ2v) is 6.35. The average molecular weight is 346 g/mol. The summed E-state index contributed by atoms with van der Waals surface area (Å²) in [5, 5.41) is 0. The maximum absolute atomic E-state index is 12.7. The van der Waals surface area contributed by atoms with E-state index in [0.29, 0.717) is 44.8 Å². The quantitative estimate of drug-likeness (QED) is 0.843. The van der Waals surface area contributed by atoms with Gasteiger partial charge in [0.15, 0.2) is 0 Å². The van der Waals surface area contributed by atoms with Crippen molar-refractivity contribution in [2.75, 3.05) is 39.3 Å². The summed E-state index contributed by atoms with van der Waals surface area (Å²) in [6, 6.07) is 3.56. The molecule has 1 aromatic heterocycles. The van der Waals surface area contributed by atoms with Gasteiger partial charge < -0.3 is 14.1 Å². The first-order valence-corrected chi connectivity index (χ1v) is 8.15. The van der Waals surface area contributed by atoms with Crippen LogP contribution in [0.25, 0.3) is 0 Å². The van der Waals surface area contributed by atoms with E-state index in [2.05, 4.69) is 0 Å². The summed E-state index contributed by atoms with van der Waals surface area (Å²) < 4.78 is 48.7. The van der Waals surface area contributed by atoms with Gasteiger partial charge in [-0.1, -0.05) is 0 Å². The lowest BCUT2D eigenvalue weighted by Gasteiger charge is -2.38. The Morgan fingerprint density at radius 1 is 1.29 bits per heavy atom. The van der Waals surface area contributed by atoms with Crippen LogP contribution in [0.3, 0.4) is 0 Å². The number of hydrogen-bond acceptors (Lipinski definition) is 4. The molecule has 8 heteroatoms. The highest BCUT2D eigenvalue weighted by atomic mass is 19.4. The SMILES string of the molecule is O=C(C1CCCN(CC(F)(F)F)C1)N1CCOC(c2ccco2)C1. The number of halogens is 3. The van der Waals surface area contributed by atoms with Crippen molar-refractivity contribution in [3.8, 4) is 0 Å². The summed E-state index contributed by atoms with van der Waals surface area (Å²) in [5.41, 5.74) is 0. The van der Waals surface area contributed by atoms with Gasteiger partial charge in [-0.25, -0.2) is 0 Å². The first-order valence-electron chi connectivity index (χ1n) is 8.15. The number of morpholine rings is 1. The minimum atomic E-state index is -4.23. The van der Waals surface area contributed by atoms with Crippen molar-refractivity contribution in [1.29, 1.82) is 0 Å². The second kappa shape index (κ2) is 7.14. The lowest BCUT2D eigenvalue weighted by Crippen LogP contribution is -2.50. The molecule has 2 atom stereocenters. The number of alkyl halides is 3. The number of nitrogens with zero attached hydrogens (tertiary/aromatic N) is 2. The van der Waals surface area contributed by atoms with Gasteiger partial charge in [-0.2, -0.15) is 13.2 Å². The van der Waals surface area contributed by atoms with Crippen molar-refractivity contribution in [2.45, 2.75) is 25.1 Å². The van der Waals surface area contributed by atoms with Gasteiger partial charge in [0.05, 0.1) is 31.9 Å². The minimum absolute atomic E-state index is 0.0817. The number of rotatable bonds is 3. The molecule has 3 heterocycles. The molecule has 0 radical (unpaired) electrons. The van der Waals surface area contributed by atoms with Crippen molar-refractivity contribution in [2.24, 2.45) is 5.92 Å². The summed E-state index contributed by atoms with van der Waals surface area (Å²) in [6.45, 7) is 0.849. The fraction of sp³-hybridized carbons (Fsp3) is 0.688. The predicted molar refractivity (Wildman–Crippen MR) is 79.2 cm³/mol. The van der Waals surface area contributed by atoms with Gasteiger partial charge in [-0.15, -0.1) is 0 Å². The Labute approximate surface area is 138 Å². The van der Waals surface area contributed by atoms with Crippen LogP contribution in [0.15, 0.2) is 22.8 Å². The molecule has 0 bridgehead atoms. The molecule has 24 heavy (non-hydrogen) atoms. The lowest BCUT2D eigenvalue weighted by atomic mass is 9.96. The van der Waals surface area contributed by atoms with E-state index >= 15 is 0 Å². The maximum Gasteiger partial charge on any atom is 0.401 e. The molecule has 2 unspecified atom stereocenters. The molecule has 2 fully saturated rings. The Morgan fingerprint density at radius 3 is 2.83 bits per heavy atom.